The number of rotatable bonds is 4. The fourth-order valence-corrected chi connectivity index (χ4v) is 2.35. The number of fused-ring (bicyclic) bond motifs is 1. The van der Waals surface area contributed by atoms with Crippen molar-refractivity contribution in [3.63, 3.8) is 0 Å². The quantitative estimate of drug-likeness (QED) is 0.821. The lowest BCUT2D eigenvalue weighted by molar-refractivity contribution is -0.146. The number of amides is 1. The summed E-state index contributed by atoms with van der Waals surface area (Å²) in [5.74, 6) is -0.288. The Morgan fingerprint density at radius 2 is 2.12 bits per heavy atom. The maximum absolute atomic E-state index is 12.2. The molecule has 2 aromatic rings. The fourth-order valence-electron chi connectivity index (χ4n) is 2.35. The number of esters is 1. The van der Waals surface area contributed by atoms with E-state index < -0.39 is 17.7 Å². The molecule has 8 heteroatoms. The molecule has 1 aromatic carbocycles. The number of benzene rings is 1. The van der Waals surface area contributed by atoms with E-state index in [4.69, 9.17) is 9.57 Å². The second-order valence-electron chi connectivity index (χ2n) is 6.76. The zero-order chi connectivity index (χ0) is 18.0. The number of nitrogens with one attached hydrogen (secondary N) is 2. The molecule has 2 N–H and O–H groups in total. The van der Waals surface area contributed by atoms with Crippen LogP contribution < -0.4 is 5.32 Å². The molecule has 1 aliphatic heterocycles. The summed E-state index contributed by atoms with van der Waals surface area (Å²) >= 11 is 0. The van der Waals surface area contributed by atoms with E-state index in [-0.39, 0.29) is 24.6 Å². The largest absolute Gasteiger partial charge is 0.455 e. The Kier molecular flexibility index (Phi) is 4.43. The van der Waals surface area contributed by atoms with Gasteiger partial charge in [-0.3, -0.25) is 4.79 Å². The first kappa shape index (κ1) is 16.9. The monoisotopic (exact) mass is 344 g/mol. The summed E-state index contributed by atoms with van der Waals surface area (Å²) in [5.41, 5.74) is 1.22. The van der Waals surface area contributed by atoms with Gasteiger partial charge in [-0.25, -0.2) is 9.78 Å². The second kappa shape index (κ2) is 6.54. The minimum atomic E-state index is -0.841. The zero-order valence-electron chi connectivity index (χ0n) is 14.3. The van der Waals surface area contributed by atoms with E-state index in [1.54, 1.807) is 20.8 Å². The first-order chi connectivity index (χ1) is 11.8. The molecule has 1 aliphatic rings. The van der Waals surface area contributed by atoms with Crippen molar-refractivity contribution in [2.24, 2.45) is 5.16 Å². The maximum Gasteiger partial charge on any atom is 0.356 e. The van der Waals surface area contributed by atoms with Crippen LogP contribution in [0.4, 0.5) is 0 Å². The summed E-state index contributed by atoms with van der Waals surface area (Å²) in [5, 5.41) is 6.40. The molecule has 1 aromatic heterocycles. The molecule has 25 heavy (non-hydrogen) atoms. The third-order valence-electron chi connectivity index (χ3n) is 3.46. The summed E-state index contributed by atoms with van der Waals surface area (Å²) in [7, 11) is 0. The smallest absolute Gasteiger partial charge is 0.356 e. The van der Waals surface area contributed by atoms with Crippen molar-refractivity contribution >= 4 is 28.6 Å². The van der Waals surface area contributed by atoms with Gasteiger partial charge < -0.3 is 19.9 Å². The number of imidazole rings is 1. The van der Waals surface area contributed by atoms with Crippen LogP contribution in [-0.2, 0) is 25.7 Å². The highest BCUT2D eigenvalue weighted by Gasteiger charge is 2.33. The maximum atomic E-state index is 12.2. The van der Waals surface area contributed by atoms with Crippen molar-refractivity contribution < 1.29 is 19.2 Å². The number of hydrogen-bond donors (Lipinski definition) is 2. The van der Waals surface area contributed by atoms with Gasteiger partial charge in [-0.05, 0) is 32.9 Å². The number of carbonyl (C=O) groups is 2. The lowest BCUT2D eigenvalue weighted by Crippen LogP contribution is -2.36. The molecule has 0 fully saturated rings. The van der Waals surface area contributed by atoms with E-state index in [1.165, 1.54) is 0 Å². The standard InChI is InChI=1S/C17H20N4O4/c1-17(2,3)24-16(23)12-8-13(25-21-12)15(22)18-9-14-19-10-6-4-5-7-11(10)20-14/h4-7,13H,8-9H2,1-3H3,(H,18,22)(H,19,20)/t13-/m0/s1. The van der Waals surface area contributed by atoms with Crippen molar-refractivity contribution in [3.05, 3.63) is 30.1 Å². The van der Waals surface area contributed by atoms with Crippen LogP contribution >= 0.6 is 0 Å². The molecular weight excluding hydrogens is 324 g/mol. The number of hydrogen-bond acceptors (Lipinski definition) is 6. The SMILES string of the molecule is CC(C)(C)OC(=O)C1=NO[C@H](C(=O)NCc2nc3ccccc3[nH]2)C1. The third kappa shape index (κ3) is 4.14. The van der Waals surface area contributed by atoms with Crippen molar-refractivity contribution in [2.45, 2.75) is 45.4 Å². The number of ether oxygens (including phenoxy) is 1. The van der Waals surface area contributed by atoms with E-state index in [9.17, 15) is 9.59 Å². The van der Waals surface area contributed by atoms with Gasteiger partial charge in [0.15, 0.2) is 5.71 Å². The van der Waals surface area contributed by atoms with Crippen LogP contribution in [0.15, 0.2) is 29.4 Å². The Morgan fingerprint density at radius 3 is 2.84 bits per heavy atom. The summed E-state index contributed by atoms with van der Waals surface area (Å²) in [4.78, 5) is 36.7. The number of carbonyl (C=O) groups excluding carboxylic acids is 2. The van der Waals surface area contributed by atoms with Gasteiger partial charge in [-0.15, -0.1) is 0 Å². The summed E-state index contributed by atoms with van der Waals surface area (Å²) in [6.07, 6.45) is -0.757. The van der Waals surface area contributed by atoms with Crippen molar-refractivity contribution in [2.75, 3.05) is 0 Å². The van der Waals surface area contributed by atoms with E-state index >= 15 is 0 Å². The third-order valence-corrected chi connectivity index (χ3v) is 3.46. The first-order valence-electron chi connectivity index (χ1n) is 7.99. The van der Waals surface area contributed by atoms with Gasteiger partial charge in [0.1, 0.15) is 11.4 Å². The topological polar surface area (TPSA) is 106 Å². The van der Waals surface area contributed by atoms with Crippen LogP contribution in [0.5, 0.6) is 0 Å². The van der Waals surface area contributed by atoms with Crippen LogP contribution in [0.3, 0.4) is 0 Å². The Balaban J connectivity index is 1.52. The molecule has 3 rings (SSSR count). The first-order valence-corrected chi connectivity index (χ1v) is 7.99. The number of oxime groups is 1. The van der Waals surface area contributed by atoms with Gasteiger partial charge in [0.05, 0.1) is 17.6 Å². The molecule has 132 valence electrons. The highest BCUT2D eigenvalue weighted by Crippen LogP contribution is 2.16. The molecule has 0 saturated carbocycles. The molecule has 0 saturated heterocycles. The Morgan fingerprint density at radius 1 is 1.36 bits per heavy atom. The van der Waals surface area contributed by atoms with Crippen molar-refractivity contribution in [3.8, 4) is 0 Å². The van der Waals surface area contributed by atoms with E-state index in [0.29, 0.717) is 5.82 Å². The Bertz CT molecular complexity index is 802. The van der Waals surface area contributed by atoms with Gasteiger partial charge in [-0.1, -0.05) is 17.3 Å². The Labute approximate surface area is 144 Å². The minimum absolute atomic E-state index is 0.0842. The minimum Gasteiger partial charge on any atom is -0.455 e. The highest BCUT2D eigenvalue weighted by molar-refractivity contribution is 6.37. The van der Waals surface area contributed by atoms with Crippen LogP contribution in [0.2, 0.25) is 0 Å². The van der Waals surface area contributed by atoms with Gasteiger partial charge >= 0.3 is 5.97 Å². The number of para-hydroxylation sites is 2. The normalized spacial score (nSPS) is 17.1. The fraction of sp³-hybridized carbons (Fsp3) is 0.412. The van der Waals surface area contributed by atoms with Crippen molar-refractivity contribution in [1.82, 2.24) is 15.3 Å². The molecule has 1 atom stereocenters. The van der Waals surface area contributed by atoms with Crippen LogP contribution in [0.25, 0.3) is 11.0 Å². The average Bonchev–Trinajstić information content (AvgIpc) is 3.17. The van der Waals surface area contributed by atoms with E-state index in [0.717, 1.165) is 11.0 Å². The molecule has 8 nitrogen and oxygen atoms in total. The molecule has 0 aliphatic carbocycles. The number of nitrogens with zero attached hydrogens (tertiary/aromatic N) is 2. The van der Waals surface area contributed by atoms with Crippen LogP contribution in [0.1, 0.15) is 33.0 Å². The number of aromatic nitrogens is 2. The lowest BCUT2D eigenvalue weighted by Gasteiger charge is -2.18. The molecule has 0 unspecified atom stereocenters. The Hall–Kier alpha value is -2.90. The van der Waals surface area contributed by atoms with Gasteiger partial charge in [0.2, 0.25) is 6.10 Å². The zero-order valence-corrected chi connectivity index (χ0v) is 14.3. The predicted octanol–water partition coefficient (Wildman–Crippen LogP) is 1.67. The van der Waals surface area contributed by atoms with E-state index in [1.807, 2.05) is 24.3 Å². The predicted molar refractivity (Wildman–Crippen MR) is 90.7 cm³/mol. The average molecular weight is 344 g/mol. The van der Waals surface area contributed by atoms with Crippen molar-refractivity contribution in [1.29, 1.82) is 0 Å². The molecule has 0 radical (unpaired) electrons. The second-order valence-corrected chi connectivity index (χ2v) is 6.76. The highest BCUT2D eigenvalue weighted by atomic mass is 16.7. The van der Waals surface area contributed by atoms with Crippen LogP contribution in [-0.4, -0.2) is 39.3 Å². The summed E-state index contributed by atoms with van der Waals surface area (Å²) in [6.45, 7) is 5.52. The van der Waals surface area contributed by atoms with Crippen LogP contribution in [0, 0.1) is 0 Å². The van der Waals surface area contributed by atoms with Gasteiger partial charge in [0, 0.05) is 6.42 Å². The molecule has 0 bridgehead atoms. The van der Waals surface area contributed by atoms with Gasteiger partial charge in [-0.2, -0.15) is 0 Å². The lowest BCUT2D eigenvalue weighted by atomic mass is 10.1. The summed E-state index contributed by atoms with van der Waals surface area (Å²) in [6, 6.07) is 7.60. The number of aromatic amines is 1. The molecular formula is C17H20N4O4. The van der Waals surface area contributed by atoms with Gasteiger partial charge in [0.25, 0.3) is 5.91 Å². The summed E-state index contributed by atoms with van der Waals surface area (Å²) < 4.78 is 5.22. The van der Waals surface area contributed by atoms with E-state index in [2.05, 4.69) is 20.4 Å². The molecule has 2 heterocycles. The number of H-pyrrole nitrogens is 1. The molecule has 1 amide bonds. The molecule has 0 spiro atoms.